The number of hydrogen-bond acceptors (Lipinski definition) is 4. The molecule has 0 spiro atoms. The smallest absolute Gasteiger partial charge is 0.116 e. The quantitative estimate of drug-likeness (QED) is 0.506. The number of likely N-dealkylation sites (N-methyl/N-ethyl adjacent to an activating group) is 1. The topological polar surface area (TPSA) is 73.5 Å². The highest BCUT2D eigenvalue weighted by atomic mass is 15.1. The van der Waals surface area contributed by atoms with Crippen LogP contribution in [-0.4, -0.2) is 44.1 Å². The maximum atomic E-state index is 4.62. The van der Waals surface area contributed by atoms with E-state index in [1.165, 1.54) is 0 Å². The van der Waals surface area contributed by atoms with Crippen LogP contribution in [0.3, 0.4) is 0 Å². The van der Waals surface area contributed by atoms with Crippen molar-refractivity contribution in [3.63, 3.8) is 0 Å². The molecule has 0 aliphatic rings. The van der Waals surface area contributed by atoms with Crippen LogP contribution in [-0.2, 0) is 0 Å². The van der Waals surface area contributed by atoms with Crippen LogP contribution >= 0.6 is 0 Å². The first-order valence-corrected chi connectivity index (χ1v) is 9.06. The first kappa shape index (κ1) is 17.7. The minimum Gasteiger partial charge on any atom is -0.378 e. The lowest BCUT2D eigenvalue weighted by Gasteiger charge is -2.14. The van der Waals surface area contributed by atoms with E-state index in [0.717, 1.165) is 50.2 Å². The molecule has 2 N–H and O–H groups in total. The number of nitrogens with one attached hydrogen (secondary N) is 2. The fourth-order valence-corrected chi connectivity index (χ4v) is 3.21. The maximum absolute atomic E-state index is 4.62. The van der Waals surface area contributed by atoms with E-state index in [0.29, 0.717) is 0 Å². The summed E-state index contributed by atoms with van der Waals surface area (Å²) in [5.74, 6) is 0. The first-order valence-electron chi connectivity index (χ1n) is 9.06. The predicted octanol–water partition coefficient (Wildman–Crippen LogP) is 4.54. The Balaban J connectivity index is 1.83. The molecule has 4 aromatic heterocycles. The standard InChI is InChI=1S/C22H22N6/c1-5-14(9-16(6-2)28(3)4)18-11-17-21(13-24-18)26-27-22(17)19-10-15-7-8-23-12-20(15)25-19/h5-13,25H,2H2,1,3-4H3,(H,26,27)/b14-5+,16-9+. The van der Waals surface area contributed by atoms with Crippen LogP contribution in [0.2, 0.25) is 0 Å². The van der Waals surface area contributed by atoms with Crippen LogP contribution in [0.15, 0.2) is 67.3 Å². The van der Waals surface area contributed by atoms with E-state index in [4.69, 9.17) is 0 Å². The molecule has 0 aromatic carbocycles. The van der Waals surface area contributed by atoms with Gasteiger partial charge in [-0.3, -0.25) is 15.1 Å². The largest absolute Gasteiger partial charge is 0.378 e. The second kappa shape index (κ2) is 7.15. The fraction of sp³-hybridized carbons (Fsp3) is 0.136. The van der Waals surface area contributed by atoms with Crippen molar-refractivity contribution in [1.82, 2.24) is 30.0 Å². The Morgan fingerprint density at radius 3 is 2.75 bits per heavy atom. The summed E-state index contributed by atoms with van der Waals surface area (Å²) < 4.78 is 0. The van der Waals surface area contributed by atoms with Crippen LogP contribution in [0.1, 0.15) is 12.6 Å². The Kier molecular flexibility index (Phi) is 4.53. The Morgan fingerprint density at radius 1 is 1.18 bits per heavy atom. The van der Waals surface area contributed by atoms with Crippen LogP contribution in [0, 0.1) is 0 Å². The van der Waals surface area contributed by atoms with E-state index in [-0.39, 0.29) is 0 Å². The molecule has 140 valence electrons. The average molecular weight is 370 g/mol. The fourth-order valence-electron chi connectivity index (χ4n) is 3.21. The van der Waals surface area contributed by atoms with Gasteiger partial charge in [0.2, 0.25) is 0 Å². The summed E-state index contributed by atoms with van der Waals surface area (Å²) in [6, 6.07) is 6.14. The van der Waals surface area contributed by atoms with Crippen molar-refractivity contribution in [2.75, 3.05) is 14.1 Å². The molecule has 0 bridgehead atoms. The molecule has 0 aliphatic heterocycles. The summed E-state index contributed by atoms with van der Waals surface area (Å²) in [6.45, 7) is 5.91. The van der Waals surface area contributed by atoms with E-state index in [1.807, 2.05) is 50.5 Å². The van der Waals surface area contributed by atoms with Crippen molar-refractivity contribution >= 4 is 27.4 Å². The van der Waals surface area contributed by atoms with Crippen LogP contribution in [0.4, 0.5) is 0 Å². The van der Waals surface area contributed by atoms with Gasteiger partial charge in [0, 0.05) is 36.8 Å². The molecule has 0 radical (unpaired) electrons. The van der Waals surface area contributed by atoms with Crippen molar-refractivity contribution in [1.29, 1.82) is 0 Å². The molecule has 4 rings (SSSR count). The lowest BCUT2D eigenvalue weighted by molar-refractivity contribution is 0.530. The third kappa shape index (κ3) is 3.09. The first-order chi connectivity index (χ1) is 13.6. The van der Waals surface area contributed by atoms with Gasteiger partial charge in [0.05, 0.1) is 34.8 Å². The van der Waals surface area contributed by atoms with E-state index in [1.54, 1.807) is 6.20 Å². The second-order valence-corrected chi connectivity index (χ2v) is 6.75. The Morgan fingerprint density at radius 2 is 2.04 bits per heavy atom. The van der Waals surface area contributed by atoms with Gasteiger partial charge in [-0.15, -0.1) is 0 Å². The van der Waals surface area contributed by atoms with Gasteiger partial charge >= 0.3 is 0 Å². The zero-order valence-electron chi connectivity index (χ0n) is 16.2. The monoisotopic (exact) mass is 370 g/mol. The average Bonchev–Trinajstić information content (AvgIpc) is 3.31. The van der Waals surface area contributed by atoms with E-state index in [9.17, 15) is 0 Å². The zero-order chi connectivity index (χ0) is 19.7. The summed E-state index contributed by atoms with van der Waals surface area (Å²) in [6.07, 6.45) is 11.4. The van der Waals surface area contributed by atoms with Crippen LogP contribution < -0.4 is 0 Å². The van der Waals surface area contributed by atoms with Gasteiger partial charge in [-0.25, -0.2) is 0 Å². The molecule has 0 amide bonds. The van der Waals surface area contributed by atoms with Gasteiger partial charge < -0.3 is 9.88 Å². The van der Waals surface area contributed by atoms with Gasteiger partial charge in [0.15, 0.2) is 0 Å². The summed E-state index contributed by atoms with van der Waals surface area (Å²) in [5.41, 5.74) is 6.63. The summed E-state index contributed by atoms with van der Waals surface area (Å²) >= 11 is 0. The number of rotatable bonds is 5. The number of allylic oxidation sites excluding steroid dienone is 4. The third-order valence-corrected chi connectivity index (χ3v) is 4.76. The molecule has 6 heteroatoms. The molecule has 4 aromatic rings. The molecule has 28 heavy (non-hydrogen) atoms. The number of aromatic amines is 2. The predicted molar refractivity (Wildman–Crippen MR) is 115 cm³/mol. The minimum absolute atomic E-state index is 0.867. The van der Waals surface area contributed by atoms with Gasteiger partial charge in [-0.1, -0.05) is 12.7 Å². The van der Waals surface area contributed by atoms with Crippen molar-refractivity contribution in [2.24, 2.45) is 0 Å². The lowest BCUT2D eigenvalue weighted by Crippen LogP contribution is -2.09. The Hall–Kier alpha value is -3.67. The molecular weight excluding hydrogens is 348 g/mol. The molecular formula is C22H22N6. The lowest BCUT2D eigenvalue weighted by atomic mass is 10.1. The highest BCUT2D eigenvalue weighted by Crippen LogP contribution is 2.30. The van der Waals surface area contributed by atoms with E-state index in [2.05, 4.69) is 56.0 Å². The number of hydrogen-bond donors (Lipinski definition) is 2. The number of fused-ring (bicyclic) bond motifs is 2. The van der Waals surface area contributed by atoms with Crippen molar-refractivity contribution < 1.29 is 0 Å². The van der Waals surface area contributed by atoms with Crippen LogP contribution in [0.5, 0.6) is 0 Å². The Labute approximate surface area is 163 Å². The molecule has 0 aliphatic carbocycles. The van der Waals surface area contributed by atoms with Gasteiger partial charge in [0.1, 0.15) is 5.69 Å². The maximum Gasteiger partial charge on any atom is 0.116 e. The van der Waals surface area contributed by atoms with E-state index < -0.39 is 0 Å². The number of aromatic nitrogens is 5. The molecule has 0 saturated heterocycles. The molecule has 0 unspecified atom stereocenters. The van der Waals surface area contributed by atoms with Gasteiger partial charge in [-0.2, -0.15) is 5.10 Å². The van der Waals surface area contributed by atoms with E-state index >= 15 is 0 Å². The van der Waals surface area contributed by atoms with Crippen LogP contribution in [0.25, 0.3) is 38.8 Å². The van der Waals surface area contributed by atoms with Crippen molar-refractivity contribution in [3.8, 4) is 11.4 Å². The molecule has 6 nitrogen and oxygen atoms in total. The molecule has 4 heterocycles. The summed E-state index contributed by atoms with van der Waals surface area (Å²) in [5, 5.41) is 9.72. The summed E-state index contributed by atoms with van der Waals surface area (Å²) in [4.78, 5) is 14.2. The molecule has 0 saturated carbocycles. The number of H-pyrrole nitrogens is 2. The van der Waals surface area contributed by atoms with Gasteiger partial charge in [-0.05, 0) is 42.8 Å². The number of nitrogens with zero attached hydrogens (tertiary/aromatic N) is 4. The Bertz CT molecular complexity index is 1190. The van der Waals surface area contributed by atoms with Crippen molar-refractivity contribution in [2.45, 2.75) is 6.92 Å². The number of pyridine rings is 2. The zero-order valence-corrected chi connectivity index (χ0v) is 16.2. The third-order valence-electron chi connectivity index (χ3n) is 4.76. The molecule has 0 fully saturated rings. The summed E-state index contributed by atoms with van der Waals surface area (Å²) in [7, 11) is 3.99. The van der Waals surface area contributed by atoms with Gasteiger partial charge in [0.25, 0.3) is 0 Å². The molecule has 0 atom stereocenters. The minimum atomic E-state index is 0.867. The van der Waals surface area contributed by atoms with Crippen molar-refractivity contribution in [3.05, 3.63) is 73.0 Å². The normalized spacial score (nSPS) is 12.7. The second-order valence-electron chi connectivity index (χ2n) is 6.75. The highest BCUT2D eigenvalue weighted by Gasteiger charge is 2.13. The highest BCUT2D eigenvalue weighted by molar-refractivity contribution is 5.96. The SMILES string of the molecule is C=C/C(=C\C(=C/C)c1cc2c(-c3cc4ccncc4[nH]3)n[nH]c2cn1)N(C)C.